The zero-order chi connectivity index (χ0) is 21.6. The molecule has 0 fully saturated rings. The molecule has 0 aliphatic carbocycles. The van der Waals surface area contributed by atoms with Crippen LogP contribution in [0, 0.1) is 25.1 Å². The minimum atomic E-state index is -3.78. The number of carbonyl (C=O) groups excluding carboxylic acids is 2. The maximum Gasteiger partial charge on any atom is 0.338 e. The van der Waals surface area contributed by atoms with Crippen LogP contribution >= 0.6 is 0 Å². The number of esters is 1. The fourth-order valence-electron chi connectivity index (χ4n) is 2.19. The molecule has 0 aromatic heterocycles. The Balaban J connectivity index is 2.00. The maximum atomic E-state index is 13.6. The van der Waals surface area contributed by atoms with E-state index < -0.39 is 33.8 Å². The van der Waals surface area contributed by atoms with Crippen molar-refractivity contribution in [2.45, 2.75) is 24.8 Å². The topological polar surface area (TPSA) is 102 Å². The van der Waals surface area contributed by atoms with Gasteiger partial charge in [-0.05, 0) is 55.8 Å². The van der Waals surface area contributed by atoms with Gasteiger partial charge in [-0.1, -0.05) is 12.0 Å². The van der Waals surface area contributed by atoms with Crippen LogP contribution in [0.3, 0.4) is 0 Å². The number of benzene rings is 2. The summed E-state index contributed by atoms with van der Waals surface area (Å²) in [6, 6.07) is 9.15. The van der Waals surface area contributed by atoms with Gasteiger partial charge in [0.1, 0.15) is 5.82 Å². The number of carbonyl (C=O) groups is 2. The third kappa shape index (κ3) is 5.88. The monoisotopic (exact) mass is 418 g/mol. The standard InChI is InChI=1S/C20H19FN2O5S/c1-4-11-22-29(26,27)17-9-6-15(7-10-17)20(25)28-14(3)19(24)23-16-8-5-13(2)18(21)12-16/h1,5-10,12,14,22H,11H2,2-3H3,(H,23,24). The lowest BCUT2D eigenvalue weighted by Gasteiger charge is -2.14. The third-order valence-electron chi connectivity index (χ3n) is 3.86. The number of aryl methyl sites for hydroxylation is 1. The molecule has 0 spiro atoms. The van der Waals surface area contributed by atoms with Crippen LogP contribution in [0.1, 0.15) is 22.8 Å². The molecule has 1 unspecified atom stereocenters. The SMILES string of the molecule is C#CCNS(=O)(=O)c1ccc(C(=O)OC(C)C(=O)Nc2ccc(C)c(F)c2)cc1. The van der Waals surface area contributed by atoms with Crippen molar-refractivity contribution in [3.63, 3.8) is 0 Å². The van der Waals surface area contributed by atoms with Gasteiger partial charge in [0.05, 0.1) is 17.0 Å². The van der Waals surface area contributed by atoms with Crippen molar-refractivity contribution < 1.29 is 27.1 Å². The molecule has 0 saturated heterocycles. The minimum Gasteiger partial charge on any atom is -0.449 e. The number of amides is 1. The fraction of sp³-hybridized carbons (Fsp3) is 0.200. The Morgan fingerprint density at radius 1 is 1.21 bits per heavy atom. The Hall–Kier alpha value is -3.22. The van der Waals surface area contributed by atoms with E-state index in [1.54, 1.807) is 6.92 Å². The zero-order valence-electron chi connectivity index (χ0n) is 15.7. The normalized spacial score (nSPS) is 11.9. The summed E-state index contributed by atoms with van der Waals surface area (Å²) >= 11 is 0. The van der Waals surface area contributed by atoms with Gasteiger partial charge in [0.15, 0.2) is 6.10 Å². The molecular formula is C20H19FN2O5S. The Labute approximate surface area is 168 Å². The van der Waals surface area contributed by atoms with Gasteiger partial charge in [0.2, 0.25) is 10.0 Å². The van der Waals surface area contributed by atoms with Crippen molar-refractivity contribution >= 4 is 27.6 Å². The molecule has 0 aliphatic rings. The lowest BCUT2D eigenvalue weighted by Crippen LogP contribution is -2.30. The highest BCUT2D eigenvalue weighted by Gasteiger charge is 2.20. The molecule has 9 heteroatoms. The number of hydrogen-bond donors (Lipinski definition) is 2. The van der Waals surface area contributed by atoms with Gasteiger partial charge in [0.25, 0.3) is 5.91 Å². The van der Waals surface area contributed by atoms with E-state index in [4.69, 9.17) is 11.2 Å². The molecular weight excluding hydrogens is 399 g/mol. The summed E-state index contributed by atoms with van der Waals surface area (Å²) in [6.07, 6.45) is 3.86. The second kappa shape index (κ2) is 9.32. The zero-order valence-corrected chi connectivity index (χ0v) is 16.5. The van der Waals surface area contributed by atoms with Crippen molar-refractivity contribution in [1.82, 2.24) is 4.72 Å². The summed E-state index contributed by atoms with van der Waals surface area (Å²) in [5, 5.41) is 2.46. The van der Waals surface area contributed by atoms with E-state index in [2.05, 4.69) is 16.0 Å². The Kier molecular flexibility index (Phi) is 7.09. The van der Waals surface area contributed by atoms with E-state index in [0.717, 1.165) is 6.07 Å². The lowest BCUT2D eigenvalue weighted by atomic mass is 10.2. The molecule has 2 aromatic carbocycles. The van der Waals surface area contributed by atoms with Crippen molar-refractivity contribution in [3.05, 3.63) is 59.4 Å². The molecule has 2 rings (SSSR count). The predicted octanol–water partition coefficient (Wildman–Crippen LogP) is 2.23. The van der Waals surface area contributed by atoms with E-state index >= 15 is 0 Å². The molecule has 0 bridgehead atoms. The number of sulfonamides is 1. The number of anilines is 1. The van der Waals surface area contributed by atoms with Crippen LogP contribution in [0.5, 0.6) is 0 Å². The Morgan fingerprint density at radius 2 is 1.86 bits per heavy atom. The summed E-state index contributed by atoms with van der Waals surface area (Å²) in [5.41, 5.74) is 0.722. The van der Waals surface area contributed by atoms with Crippen LogP contribution in [-0.4, -0.2) is 32.9 Å². The molecule has 1 atom stereocenters. The fourth-order valence-corrected chi connectivity index (χ4v) is 3.12. The number of rotatable bonds is 7. The third-order valence-corrected chi connectivity index (χ3v) is 5.27. The lowest BCUT2D eigenvalue weighted by molar-refractivity contribution is -0.123. The summed E-state index contributed by atoms with van der Waals surface area (Å²) in [6.45, 7) is 2.79. The van der Waals surface area contributed by atoms with Crippen molar-refractivity contribution in [2.24, 2.45) is 0 Å². The van der Waals surface area contributed by atoms with E-state index in [-0.39, 0.29) is 22.7 Å². The molecule has 152 valence electrons. The largest absolute Gasteiger partial charge is 0.449 e. The van der Waals surface area contributed by atoms with Gasteiger partial charge in [-0.15, -0.1) is 6.42 Å². The van der Waals surface area contributed by atoms with Crippen LogP contribution in [0.4, 0.5) is 10.1 Å². The molecule has 2 aromatic rings. The number of hydrogen-bond acceptors (Lipinski definition) is 5. The quantitative estimate of drug-likeness (QED) is 0.530. The van der Waals surface area contributed by atoms with Crippen molar-refractivity contribution in [1.29, 1.82) is 0 Å². The first-order chi connectivity index (χ1) is 13.6. The van der Waals surface area contributed by atoms with Gasteiger partial charge in [-0.25, -0.2) is 17.6 Å². The molecule has 1 amide bonds. The smallest absolute Gasteiger partial charge is 0.338 e. The van der Waals surface area contributed by atoms with Crippen molar-refractivity contribution in [2.75, 3.05) is 11.9 Å². The first-order valence-corrected chi connectivity index (χ1v) is 9.93. The first kappa shape index (κ1) is 22.1. The summed E-state index contributed by atoms with van der Waals surface area (Å²) in [5.74, 6) is 0.226. The van der Waals surface area contributed by atoms with Crippen LogP contribution in [-0.2, 0) is 19.6 Å². The highest BCUT2D eigenvalue weighted by molar-refractivity contribution is 7.89. The highest BCUT2D eigenvalue weighted by atomic mass is 32.2. The molecule has 0 saturated carbocycles. The second-order valence-electron chi connectivity index (χ2n) is 6.05. The molecule has 0 radical (unpaired) electrons. The molecule has 0 heterocycles. The summed E-state index contributed by atoms with van der Waals surface area (Å²) in [4.78, 5) is 24.3. The van der Waals surface area contributed by atoms with E-state index in [1.165, 1.54) is 43.3 Å². The van der Waals surface area contributed by atoms with E-state index in [0.29, 0.717) is 5.56 Å². The number of halogens is 1. The minimum absolute atomic E-state index is 0.0573. The van der Waals surface area contributed by atoms with Gasteiger partial charge in [0, 0.05) is 5.69 Å². The summed E-state index contributed by atoms with van der Waals surface area (Å²) < 4.78 is 44.7. The average Bonchev–Trinajstić information content (AvgIpc) is 2.69. The molecule has 7 nitrogen and oxygen atoms in total. The second-order valence-corrected chi connectivity index (χ2v) is 7.82. The number of terminal acetylenes is 1. The van der Waals surface area contributed by atoms with Crippen LogP contribution < -0.4 is 10.0 Å². The van der Waals surface area contributed by atoms with Crippen LogP contribution in [0.15, 0.2) is 47.4 Å². The number of nitrogens with one attached hydrogen (secondary N) is 2. The average molecular weight is 418 g/mol. The Bertz CT molecular complexity index is 1060. The predicted molar refractivity (Wildman–Crippen MR) is 105 cm³/mol. The molecule has 29 heavy (non-hydrogen) atoms. The van der Waals surface area contributed by atoms with Gasteiger partial charge >= 0.3 is 5.97 Å². The molecule has 0 aliphatic heterocycles. The van der Waals surface area contributed by atoms with Gasteiger partial charge in [-0.2, -0.15) is 4.72 Å². The van der Waals surface area contributed by atoms with E-state index in [1.807, 2.05) is 0 Å². The maximum absolute atomic E-state index is 13.6. The highest BCUT2D eigenvalue weighted by Crippen LogP contribution is 2.15. The van der Waals surface area contributed by atoms with Crippen LogP contribution in [0.25, 0.3) is 0 Å². The summed E-state index contributed by atoms with van der Waals surface area (Å²) in [7, 11) is -3.78. The van der Waals surface area contributed by atoms with Gasteiger partial charge in [-0.3, -0.25) is 4.79 Å². The first-order valence-electron chi connectivity index (χ1n) is 8.45. The van der Waals surface area contributed by atoms with E-state index in [9.17, 15) is 22.4 Å². The van der Waals surface area contributed by atoms with Crippen LogP contribution in [0.2, 0.25) is 0 Å². The molecule has 2 N–H and O–H groups in total. The number of ether oxygens (including phenoxy) is 1. The van der Waals surface area contributed by atoms with Crippen molar-refractivity contribution in [3.8, 4) is 12.3 Å². The van der Waals surface area contributed by atoms with Gasteiger partial charge < -0.3 is 10.1 Å². The Morgan fingerprint density at radius 3 is 2.45 bits per heavy atom.